The zero-order chi connectivity index (χ0) is 15.9. The number of benzene rings is 1. The van der Waals surface area contributed by atoms with Crippen LogP contribution in [0.25, 0.3) is 11.0 Å². The molecule has 1 unspecified atom stereocenters. The van der Waals surface area contributed by atoms with Gasteiger partial charge in [-0.25, -0.2) is 9.37 Å². The zero-order valence-electron chi connectivity index (χ0n) is 12.4. The number of carbonyl (C=O) groups excluding carboxylic acids is 1. The number of nitrogens with one attached hydrogen (secondary N) is 1. The molecule has 0 fully saturated rings. The van der Waals surface area contributed by atoms with Crippen LogP contribution in [0.1, 0.15) is 33.7 Å². The van der Waals surface area contributed by atoms with E-state index < -0.39 is 11.9 Å². The number of nitrogens with two attached hydrogens (primary N) is 1. The number of aromatic nitrogens is 2. The molecule has 0 bridgehead atoms. The molecule has 0 aliphatic carbocycles. The summed E-state index contributed by atoms with van der Waals surface area (Å²) in [5, 5.41) is 2.83. The maximum Gasteiger partial charge on any atom is 0.243 e. The molecule has 7 heteroatoms. The molecule has 0 radical (unpaired) electrons. The molecule has 3 N–H and O–H groups in total. The van der Waals surface area contributed by atoms with Gasteiger partial charge in [0.2, 0.25) is 11.9 Å². The van der Waals surface area contributed by atoms with E-state index in [2.05, 4.69) is 10.3 Å². The van der Waals surface area contributed by atoms with Crippen molar-refractivity contribution < 1.29 is 9.18 Å². The number of carbonyl (C=O) groups is 1. The van der Waals surface area contributed by atoms with Crippen LogP contribution in [0, 0.1) is 5.82 Å². The molecule has 1 aromatic carbocycles. The fourth-order valence-electron chi connectivity index (χ4n) is 2.11. The number of nitrogens with zero attached hydrogens (tertiary/aromatic N) is 2. The molecule has 0 spiro atoms. The molecule has 5 nitrogen and oxygen atoms in total. The Kier molecular flexibility index (Phi) is 3.84. The summed E-state index contributed by atoms with van der Waals surface area (Å²) in [7, 11) is 0. The SMILES string of the molecule is CC(C(=O)NC(C)(C)C)n1c(N)nc2cc(Cl)c(F)cc21. The van der Waals surface area contributed by atoms with Gasteiger partial charge in [0.25, 0.3) is 0 Å². The zero-order valence-corrected chi connectivity index (χ0v) is 13.1. The van der Waals surface area contributed by atoms with E-state index in [1.807, 2.05) is 20.8 Å². The second-order valence-corrected chi connectivity index (χ2v) is 6.42. The number of hydrogen-bond acceptors (Lipinski definition) is 3. The van der Waals surface area contributed by atoms with Crippen LogP contribution in [0.2, 0.25) is 5.02 Å². The summed E-state index contributed by atoms with van der Waals surface area (Å²) in [4.78, 5) is 16.4. The average molecular weight is 313 g/mol. The second-order valence-electron chi connectivity index (χ2n) is 6.01. The van der Waals surface area contributed by atoms with Crippen LogP contribution in [0.3, 0.4) is 0 Å². The lowest BCUT2D eigenvalue weighted by Gasteiger charge is -2.24. The maximum atomic E-state index is 13.7. The van der Waals surface area contributed by atoms with Crippen molar-refractivity contribution in [1.82, 2.24) is 14.9 Å². The van der Waals surface area contributed by atoms with E-state index in [1.54, 1.807) is 6.92 Å². The molecule has 2 aromatic rings. The van der Waals surface area contributed by atoms with E-state index in [9.17, 15) is 9.18 Å². The van der Waals surface area contributed by atoms with E-state index in [0.29, 0.717) is 11.0 Å². The largest absolute Gasteiger partial charge is 0.369 e. The first kappa shape index (κ1) is 15.6. The van der Waals surface area contributed by atoms with Gasteiger partial charge in [-0.05, 0) is 33.8 Å². The quantitative estimate of drug-likeness (QED) is 0.895. The van der Waals surface area contributed by atoms with Gasteiger partial charge in [0.05, 0.1) is 16.1 Å². The Labute approximate surface area is 127 Å². The second kappa shape index (κ2) is 5.18. The number of anilines is 1. The van der Waals surface area contributed by atoms with Crippen LogP contribution in [0.15, 0.2) is 12.1 Å². The van der Waals surface area contributed by atoms with Gasteiger partial charge in [0, 0.05) is 11.6 Å². The molecular formula is C14H18ClFN4O. The van der Waals surface area contributed by atoms with Gasteiger partial charge in [0.15, 0.2) is 0 Å². The van der Waals surface area contributed by atoms with E-state index in [0.717, 1.165) is 0 Å². The summed E-state index contributed by atoms with van der Waals surface area (Å²) in [6.45, 7) is 7.33. The highest BCUT2D eigenvalue weighted by molar-refractivity contribution is 6.31. The first-order valence-corrected chi connectivity index (χ1v) is 6.92. The van der Waals surface area contributed by atoms with Gasteiger partial charge in [-0.1, -0.05) is 11.6 Å². The van der Waals surface area contributed by atoms with Crippen molar-refractivity contribution in [3.63, 3.8) is 0 Å². The molecule has 1 aromatic heterocycles. The maximum absolute atomic E-state index is 13.7. The molecule has 0 aliphatic rings. The van der Waals surface area contributed by atoms with E-state index in [1.165, 1.54) is 16.7 Å². The summed E-state index contributed by atoms with van der Waals surface area (Å²) in [5.41, 5.74) is 6.38. The van der Waals surface area contributed by atoms with Crippen LogP contribution in [-0.2, 0) is 4.79 Å². The Bertz CT molecular complexity index is 705. The van der Waals surface area contributed by atoms with Gasteiger partial charge in [-0.2, -0.15) is 0 Å². The molecule has 1 heterocycles. The molecule has 0 aliphatic heterocycles. The van der Waals surface area contributed by atoms with Crippen molar-refractivity contribution in [2.24, 2.45) is 0 Å². The highest BCUT2D eigenvalue weighted by atomic mass is 35.5. The van der Waals surface area contributed by atoms with Crippen molar-refractivity contribution in [3.05, 3.63) is 23.0 Å². The average Bonchev–Trinajstić information content (AvgIpc) is 2.62. The van der Waals surface area contributed by atoms with E-state index >= 15 is 0 Å². The highest BCUT2D eigenvalue weighted by Crippen LogP contribution is 2.27. The predicted molar refractivity (Wildman–Crippen MR) is 81.7 cm³/mol. The molecule has 0 saturated carbocycles. The van der Waals surface area contributed by atoms with Gasteiger partial charge in [0.1, 0.15) is 11.9 Å². The third kappa shape index (κ3) is 3.10. The topological polar surface area (TPSA) is 72.9 Å². The number of amides is 1. The summed E-state index contributed by atoms with van der Waals surface area (Å²) >= 11 is 5.73. The van der Waals surface area contributed by atoms with Crippen LogP contribution in [0.5, 0.6) is 0 Å². The summed E-state index contributed by atoms with van der Waals surface area (Å²) in [6, 6.07) is 2.02. The molecule has 114 valence electrons. The fraction of sp³-hybridized carbons (Fsp3) is 0.429. The first-order valence-electron chi connectivity index (χ1n) is 6.54. The summed E-state index contributed by atoms with van der Waals surface area (Å²) in [5.74, 6) is -0.652. The number of imidazole rings is 1. The van der Waals surface area contributed by atoms with Gasteiger partial charge < -0.3 is 11.1 Å². The molecule has 0 saturated heterocycles. The minimum absolute atomic E-state index is 0.0288. The Morgan fingerprint density at radius 2 is 2.10 bits per heavy atom. The van der Waals surface area contributed by atoms with Crippen molar-refractivity contribution in [2.45, 2.75) is 39.3 Å². The van der Waals surface area contributed by atoms with Gasteiger partial charge in [-0.3, -0.25) is 9.36 Å². The third-order valence-electron chi connectivity index (χ3n) is 3.02. The van der Waals surface area contributed by atoms with E-state index in [4.69, 9.17) is 17.3 Å². The first-order chi connectivity index (χ1) is 9.60. The number of fused-ring (bicyclic) bond motifs is 1. The lowest BCUT2D eigenvalue weighted by molar-refractivity contribution is -0.125. The van der Waals surface area contributed by atoms with Crippen LogP contribution >= 0.6 is 11.6 Å². The normalized spacial score (nSPS) is 13.4. The van der Waals surface area contributed by atoms with Crippen LogP contribution in [0.4, 0.5) is 10.3 Å². The van der Waals surface area contributed by atoms with Crippen molar-refractivity contribution in [3.8, 4) is 0 Å². The Balaban J connectivity index is 2.48. The number of hydrogen-bond donors (Lipinski definition) is 2. The minimum atomic E-state index is -0.616. The summed E-state index contributed by atoms with van der Waals surface area (Å²) < 4.78 is 15.2. The van der Waals surface area contributed by atoms with Crippen molar-refractivity contribution >= 4 is 34.5 Å². The number of nitrogen functional groups attached to an aromatic ring is 1. The van der Waals surface area contributed by atoms with Gasteiger partial charge in [-0.15, -0.1) is 0 Å². The van der Waals surface area contributed by atoms with E-state index in [-0.39, 0.29) is 22.4 Å². The molecule has 21 heavy (non-hydrogen) atoms. The van der Waals surface area contributed by atoms with Crippen molar-refractivity contribution in [1.29, 1.82) is 0 Å². The molecule has 1 amide bonds. The Morgan fingerprint density at radius 3 is 2.67 bits per heavy atom. The molecular weight excluding hydrogens is 295 g/mol. The smallest absolute Gasteiger partial charge is 0.243 e. The molecule has 2 rings (SSSR count). The van der Waals surface area contributed by atoms with Gasteiger partial charge >= 0.3 is 0 Å². The number of rotatable bonds is 2. The standard InChI is InChI=1S/C14H18ClFN4O/c1-7(12(21)19-14(2,3)4)20-11-6-9(16)8(15)5-10(11)18-13(20)17/h5-7H,1-4H3,(H2,17,18)(H,19,21). The third-order valence-corrected chi connectivity index (χ3v) is 3.31. The lowest BCUT2D eigenvalue weighted by atomic mass is 10.1. The summed E-state index contributed by atoms with van der Waals surface area (Å²) in [6.07, 6.45) is 0. The highest BCUT2D eigenvalue weighted by Gasteiger charge is 2.24. The van der Waals surface area contributed by atoms with Crippen LogP contribution in [-0.4, -0.2) is 21.0 Å². The minimum Gasteiger partial charge on any atom is -0.369 e. The Hall–Kier alpha value is -1.82. The lowest BCUT2D eigenvalue weighted by Crippen LogP contribution is -2.43. The van der Waals surface area contributed by atoms with Crippen LogP contribution < -0.4 is 11.1 Å². The fourth-order valence-corrected chi connectivity index (χ4v) is 2.27. The monoisotopic (exact) mass is 312 g/mol. The van der Waals surface area contributed by atoms with Crippen molar-refractivity contribution in [2.75, 3.05) is 5.73 Å². The Morgan fingerprint density at radius 1 is 1.48 bits per heavy atom. The predicted octanol–water partition coefficient (Wildman–Crippen LogP) is 2.89. The molecule has 1 atom stereocenters. The number of halogens is 2.